The number of halogens is 1. The summed E-state index contributed by atoms with van der Waals surface area (Å²) in [6, 6.07) is 3.60. The first-order valence-electron chi connectivity index (χ1n) is 7.20. The summed E-state index contributed by atoms with van der Waals surface area (Å²) in [6.45, 7) is 5.50. The van der Waals surface area contributed by atoms with Crippen molar-refractivity contribution < 1.29 is 14.3 Å². The van der Waals surface area contributed by atoms with E-state index < -0.39 is 6.10 Å². The summed E-state index contributed by atoms with van der Waals surface area (Å²) in [5.41, 5.74) is 1.55. The van der Waals surface area contributed by atoms with E-state index in [-0.39, 0.29) is 5.91 Å². The highest BCUT2D eigenvalue weighted by atomic mass is 35.5. The summed E-state index contributed by atoms with van der Waals surface area (Å²) >= 11 is 5.92. The molecule has 1 N–H and O–H groups in total. The van der Waals surface area contributed by atoms with E-state index in [0.717, 1.165) is 11.3 Å². The van der Waals surface area contributed by atoms with E-state index in [1.165, 1.54) is 0 Å². The van der Waals surface area contributed by atoms with Gasteiger partial charge in [-0.25, -0.2) is 4.98 Å². The number of pyridine rings is 1. The minimum atomic E-state index is -0.521. The Morgan fingerprint density at radius 3 is 3.00 bits per heavy atom. The molecule has 7 heteroatoms. The molecule has 0 aliphatic heterocycles. The van der Waals surface area contributed by atoms with Gasteiger partial charge in [-0.15, -0.1) is 0 Å². The van der Waals surface area contributed by atoms with Crippen LogP contribution in [0.1, 0.15) is 19.5 Å². The number of hydrogen-bond acceptors (Lipinski definition) is 4. The van der Waals surface area contributed by atoms with E-state index in [2.05, 4.69) is 10.3 Å². The van der Waals surface area contributed by atoms with Gasteiger partial charge in [-0.1, -0.05) is 11.6 Å². The van der Waals surface area contributed by atoms with E-state index in [0.29, 0.717) is 31.4 Å². The molecule has 0 fully saturated rings. The Morgan fingerprint density at radius 1 is 1.41 bits per heavy atom. The maximum atomic E-state index is 11.9. The largest absolute Gasteiger partial charge is 0.379 e. The lowest BCUT2D eigenvalue weighted by Crippen LogP contribution is -2.34. The third-order valence-corrected chi connectivity index (χ3v) is 3.30. The number of nitrogens with one attached hydrogen (secondary N) is 1. The van der Waals surface area contributed by atoms with Crippen LogP contribution in [0, 0.1) is 0 Å². The zero-order chi connectivity index (χ0) is 15.9. The fraction of sp³-hybridized carbons (Fsp3) is 0.467. The predicted octanol–water partition coefficient (Wildman–Crippen LogP) is 2.05. The summed E-state index contributed by atoms with van der Waals surface area (Å²) < 4.78 is 12.4. The van der Waals surface area contributed by atoms with E-state index >= 15 is 0 Å². The van der Waals surface area contributed by atoms with Crippen LogP contribution in [-0.4, -0.2) is 41.2 Å². The van der Waals surface area contributed by atoms with E-state index in [4.69, 9.17) is 21.1 Å². The summed E-state index contributed by atoms with van der Waals surface area (Å²) in [6.07, 6.45) is 3.09. The van der Waals surface area contributed by atoms with E-state index in [1.807, 2.05) is 23.6 Å². The summed E-state index contributed by atoms with van der Waals surface area (Å²) in [7, 11) is 0. The number of rotatable bonds is 8. The lowest BCUT2D eigenvalue weighted by Gasteiger charge is -2.12. The second-order valence-corrected chi connectivity index (χ2v) is 5.21. The van der Waals surface area contributed by atoms with Crippen molar-refractivity contribution >= 4 is 23.2 Å². The van der Waals surface area contributed by atoms with E-state index in [1.54, 1.807) is 19.2 Å². The van der Waals surface area contributed by atoms with Gasteiger partial charge in [0.05, 0.1) is 30.5 Å². The quantitative estimate of drug-likeness (QED) is 0.754. The van der Waals surface area contributed by atoms with Gasteiger partial charge in [-0.3, -0.25) is 4.79 Å². The van der Waals surface area contributed by atoms with Gasteiger partial charge >= 0.3 is 0 Å². The topological polar surface area (TPSA) is 64.9 Å². The second-order valence-electron chi connectivity index (χ2n) is 4.77. The summed E-state index contributed by atoms with van der Waals surface area (Å²) in [5, 5.41) is 3.44. The van der Waals surface area contributed by atoms with Gasteiger partial charge in [0.2, 0.25) is 5.91 Å². The van der Waals surface area contributed by atoms with Crippen molar-refractivity contribution in [1.29, 1.82) is 0 Å². The Morgan fingerprint density at radius 2 is 2.23 bits per heavy atom. The maximum Gasteiger partial charge on any atom is 0.249 e. The summed E-state index contributed by atoms with van der Waals surface area (Å²) in [5.74, 6) is -0.174. The average molecular weight is 326 g/mol. The molecule has 2 heterocycles. The second kappa shape index (κ2) is 8.12. The van der Waals surface area contributed by atoms with Crippen LogP contribution in [-0.2, 0) is 20.8 Å². The molecular weight excluding hydrogens is 306 g/mol. The SMILES string of the molecule is CCOCCOC(C)C(=O)NCc1cn2cc(Cl)ccc2n1. The highest BCUT2D eigenvalue weighted by Gasteiger charge is 2.13. The van der Waals surface area contributed by atoms with E-state index in [9.17, 15) is 4.79 Å². The van der Waals surface area contributed by atoms with Crippen LogP contribution in [0.25, 0.3) is 5.65 Å². The molecule has 1 amide bonds. The monoisotopic (exact) mass is 325 g/mol. The molecule has 2 aromatic rings. The molecule has 2 aromatic heterocycles. The highest BCUT2D eigenvalue weighted by molar-refractivity contribution is 6.30. The Kier molecular flexibility index (Phi) is 6.18. The molecule has 0 bridgehead atoms. The van der Waals surface area contributed by atoms with Gasteiger partial charge in [0.15, 0.2) is 0 Å². The molecule has 0 aliphatic rings. The number of nitrogens with zero attached hydrogens (tertiary/aromatic N) is 2. The van der Waals surface area contributed by atoms with Crippen LogP contribution in [0.4, 0.5) is 0 Å². The Bertz CT molecular complexity index is 630. The third-order valence-electron chi connectivity index (χ3n) is 3.08. The lowest BCUT2D eigenvalue weighted by atomic mass is 10.3. The van der Waals surface area contributed by atoms with Gasteiger partial charge in [0.25, 0.3) is 0 Å². The number of aromatic nitrogens is 2. The molecule has 120 valence electrons. The molecule has 0 radical (unpaired) electrons. The smallest absolute Gasteiger partial charge is 0.249 e. The first kappa shape index (κ1) is 16.7. The van der Waals surface area contributed by atoms with Gasteiger partial charge in [-0.2, -0.15) is 0 Å². The fourth-order valence-corrected chi connectivity index (χ4v) is 2.10. The molecule has 0 saturated heterocycles. The number of carbonyl (C=O) groups is 1. The van der Waals surface area contributed by atoms with Crippen molar-refractivity contribution in [3.63, 3.8) is 0 Å². The van der Waals surface area contributed by atoms with Crippen molar-refractivity contribution in [2.24, 2.45) is 0 Å². The van der Waals surface area contributed by atoms with Crippen LogP contribution >= 0.6 is 11.6 Å². The normalized spacial score (nSPS) is 12.5. The fourth-order valence-electron chi connectivity index (χ4n) is 1.93. The van der Waals surface area contributed by atoms with Crippen LogP contribution in [0.3, 0.4) is 0 Å². The van der Waals surface area contributed by atoms with Crippen LogP contribution in [0.15, 0.2) is 24.5 Å². The number of fused-ring (bicyclic) bond motifs is 1. The minimum absolute atomic E-state index is 0.174. The van der Waals surface area contributed by atoms with Crippen molar-refractivity contribution in [3.05, 3.63) is 35.2 Å². The third kappa shape index (κ3) is 4.69. The summed E-state index contributed by atoms with van der Waals surface area (Å²) in [4.78, 5) is 16.3. The highest BCUT2D eigenvalue weighted by Crippen LogP contribution is 2.11. The van der Waals surface area contributed by atoms with Crippen molar-refractivity contribution in [2.45, 2.75) is 26.5 Å². The molecule has 2 rings (SSSR count). The molecule has 1 atom stereocenters. The van der Waals surface area contributed by atoms with Gasteiger partial charge in [-0.05, 0) is 26.0 Å². The molecule has 0 spiro atoms. The number of imidazole rings is 1. The molecular formula is C15H20ClN3O3. The van der Waals surface area contributed by atoms with Crippen LogP contribution in [0.5, 0.6) is 0 Å². The van der Waals surface area contributed by atoms with Crippen molar-refractivity contribution in [2.75, 3.05) is 19.8 Å². The van der Waals surface area contributed by atoms with Gasteiger partial charge in [0, 0.05) is 19.0 Å². The number of hydrogen-bond donors (Lipinski definition) is 1. The predicted molar refractivity (Wildman–Crippen MR) is 84.0 cm³/mol. The minimum Gasteiger partial charge on any atom is -0.379 e. The first-order chi connectivity index (χ1) is 10.6. The van der Waals surface area contributed by atoms with Crippen molar-refractivity contribution in [3.8, 4) is 0 Å². The Balaban J connectivity index is 1.81. The molecule has 0 aromatic carbocycles. The number of amides is 1. The zero-order valence-electron chi connectivity index (χ0n) is 12.7. The van der Waals surface area contributed by atoms with Crippen LogP contribution in [0.2, 0.25) is 5.02 Å². The van der Waals surface area contributed by atoms with Crippen LogP contribution < -0.4 is 5.32 Å². The lowest BCUT2D eigenvalue weighted by molar-refractivity contribution is -0.132. The van der Waals surface area contributed by atoms with Gasteiger partial charge < -0.3 is 19.2 Å². The molecule has 0 saturated carbocycles. The van der Waals surface area contributed by atoms with Crippen molar-refractivity contribution in [1.82, 2.24) is 14.7 Å². The first-order valence-corrected chi connectivity index (χ1v) is 7.58. The maximum absolute atomic E-state index is 11.9. The Hall–Kier alpha value is -1.63. The number of carbonyl (C=O) groups excluding carboxylic acids is 1. The Labute approximate surface area is 134 Å². The van der Waals surface area contributed by atoms with Gasteiger partial charge in [0.1, 0.15) is 11.8 Å². The molecule has 0 aliphatic carbocycles. The molecule has 6 nitrogen and oxygen atoms in total. The molecule has 1 unspecified atom stereocenters. The zero-order valence-corrected chi connectivity index (χ0v) is 13.5. The standard InChI is InChI=1S/C15H20ClN3O3/c1-3-21-6-7-22-11(2)15(20)17-8-13-10-19-9-12(16)4-5-14(19)18-13/h4-5,9-11H,3,6-8H2,1-2H3,(H,17,20). The molecule has 22 heavy (non-hydrogen) atoms. The average Bonchev–Trinajstić information content (AvgIpc) is 2.90. The number of ether oxygens (including phenoxy) is 2.